The van der Waals surface area contributed by atoms with Crippen LogP contribution in [0.4, 0.5) is 0 Å². The summed E-state index contributed by atoms with van der Waals surface area (Å²) in [6.07, 6.45) is 2.15. The normalized spacial score (nSPS) is 13.6. The van der Waals surface area contributed by atoms with Crippen molar-refractivity contribution in [3.05, 3.63) is 29.6 Å². The van der Waals surface area contributed by atoms with Crippen LogP contribution in [-0.4, -0.2) is 28.0 Å². The van der Waals surface area contributed by atoms with Crippen LogP contribution in [0.2, 0.25) is 0 Å². The fourth-order valence-electron chi connectivity index (χ4n) is 1.64. The van der Waals surface area contributed by atoms with Gasteiger partial charge in [0.25, 0.3) is 5.91 Å². The lowest BCUT2D eigenvalue weighted by Gasteiger charge is -2.20. The molecule has 0 aliphatic carbocycles. The minimum atomic E-state index is -1.03. The quantitative estimate of drug-likeness (QED) is 0.704. The van der Waals surface area contributed by atoms with Crippen LogP contribution in [-0.2, 0) is 11.3 Å². The van der Waals surface area contributed by atoms with Gasteiger partial charge in [-0.2, -0.15) is 0 Å². The highest BCUT2D eigenvalue weighted by Gasteiger charge is 2.25. The molecule has 0 aromatic carbocycles. The number of carbonyl (C=O) groups excluding carboxylic acids is 1. The maximum atomic E-state index is 12.0. The van der Waals surface area contributed by atoms with Gasteiger partial charge in [0.2, 0.25) is 0 Å². The Labute approximate surface area is 112 Å². The zero-order valence-corrected chi connectivity index (χ0v) is 11.1. The molecule has 1 aromatic rings. The number of nitrogens with zero attached hydrogens (tertiary/aromatic N) is 1. The third-order valence-corrected chi connectivity index (χ3v) is 3.05. The molecule has 2 atom stereocenters. The van der Waals surface area contributed by atoms with Crippen LogP contribution in [0, 0.1) is 5.92 Å². The van der Waals surface area contributed by atoms with E-state index in [-0.39, 0.29) is 12.5 Å². The molecule has 6 heteroatoms. The maximum absolute atomic E-state index is 12.0. The molecule has 104 valence electrons. The van der Waals surface area contributed by atoms with Gasteiger partial charge in [0.1, 0.15) is 6.04 Å². The highest BCUT2D eigenvalue weighted by atomic mass is 16.4. The zero-order valence-electron chi connectivity index (χ0n) is 11.1. The highest BCUT2D eigenvalue weighted by Crippen LogP contribution is 2.09. The number of pyridine rings is 1. The standard InChI is InChI=1S/C13H19N3O3/c1-3-8(2)11(13(18)19)16-12(17)9-4-5-15-10(6-9)7-14/h4-6,8,11H,3,7,14H2,1-2H3,(H,16,17)(H,18,19)/t8-,11-/m0/s1. The van der Waals surface area contributed by atoms with E-state index < -0.39 is 17.9 Å². The Hall–Kier alpha value is -1.95. The first-order valence-corrected chi connectivity index (χ1v) is 6.18. The Morgan fingerprint density at radius 1 is 1.53 bits per heavy atom. The first-order valence-electron chi connectivity index (χ1n) is 6.18. The molecule has 6 nitrogen and oxygen atoms in total. The first-order chi connectivity index (χ1) is 8.99. The number of nitrogens with two attached hydrogens (primary N) is 1. The molecule has 4 N–H and O–H groups in total. The molecule has 1 heterocycles. The SMILES string of the molecule is CC[C@H](C)[C@H](NC(=O)c1ccnc(CN)c1)C(=O)O. The number of carboxylic acid groups (broad SMARTS) is 1. The second-order valence-electron chi connectivity index (χ2n) is 4.41. The summed E-state index contributed by atoms with van der Waals surface area (Å²) in [7, 11) is 0. The van der Waals surface area contributed by atoms with E-state index >= 15 is 0 Å². The molecule has 1 aromatic heterocycles. The largest absolute Gasteiger partial charge is 0.480 e. The van der Waals surface area contributed by atoms with Crippen molar-refractivity contribution in [3.63, 3.8) is 0 Å². The third-order valence-electron chi connectivity index (χ3n) is 3.05. The smallest absolute Gasteiger partial charge is 0.326 e. The van der Waals surface area contributed by atoms with Crippen LogP contribution in [0.5, 0.6) is 0 Å². The second-order valence-corrected chi connectivity index (χ2v) is 4.41. The molecule has 0 aliphatic rings. The van der Waals surface area contributed by atoms with E-state index in [9.17, 15) is 9.59 Å². The second kappa shape index (κ2) is 6.84. The van der Waals surface area contributed by atoms with Crippen molar-refractivity contribution in [2.75, 3.05) is 0 Å². The van der Waals surface area contributed by atoms with Gasteiger partial charge in [0, 0.05) is 18.3 Å². The van der Waals surface area contributed by atoms with Crippen LogP contribution in [0.15, 0.2) is 18.3 Å². The Balaban J connectivity index is 2.84. The first kappa shape index (κ1) is 15.1. The van der Waals surface area contributed by atoms with E-state index in [0.29, 0.717) is 17.7 Å². The molecule has 0 fully saturated rings. The number of amides is 1. The van der Waals surface area contributed by atoms with Gasteiger partial charge in [-0.3, -0.25) is 9.78 Å². The number of aromatic nitrogens is 1. The van der Waals surface area contributed by atoms with Gasteiger partial charge < -0.3 is 16.2 Å². The minimum absolute atomic E-state index is 0.141. The fourth-order valence-corrected chi connectivity index (χ4v) is 1.64. The van der Waals surface area contributed by atoms with Crippen molar-refractivity contribution in [1.29, 1.82) is 0 Å². The number of rotatable bonds is 6. The number of carboxylic acids is 1. The molecule has 0 radical (unpaired) electrons. The Morgan fingerprint density at radius 2 is 2.21 bits per heavy atom. The molecule has 19 heavy (non-hydrogen) atoms. The van der Waals surface area contributed by atoms with Crippen LogP contribution in [0.25, 0.3) is 0 Å². The third kappa shape index (κ3) is 4.03. The van der Waals surface area contributed by atoms with Crippen LogP contribution >= 0.6 is 0 Å². The maximum Gasteiger partial charge on any atom is 0.326 e. The van der Waals surface area contributed by atoms with E-state index in [2.05, 4.69) is 10.3 Å². The Kier molecular flexibility index (Phi) is 5.44. The summed E-state index contributed by atoms with van der Waals surface area (Å²) in [5.74, 6) is -1.60. The molecule has 0 unspecified atom stereocenters. The molecule has 0 saturated heterocycles. The van der Waals surface area contributed by atoms with E-state index in [1.165, 1.54) is 12.3 Å². The Bertz CT molecular complexity index is 462. The highest BCUT2D eigenvalue weighted by molar-refractivity contribution is 5.96. The average Bonchev–Trinajstić information content (AvgIpc) is 2.43. The zero-order chi connectivity index (χ0) is 14.4. The topological polar surface area (TPSA) is 105 Å². The van der Waals surface area contributed by atoms with Crippen molar-refractivity contribution < 1.29 is 14.7 Å². The van der Waals surface area contributed by atoms with Gasteiger partial charge >= 0.3 is 5.97 Å². The van der Waals surface area contributed by atoms with Gasteiger partial charge in [-0.05, 0) is 18.1 Å². The number of nitrogens with one attached hydrogen (secondary N) is 1. The van der Waals surface area contributed by atoms with Crippen LogP contribution < -0.4 is 11.1 Å². The molecule has 1 rings (SSSR count). The number of aliphatic carboxylic acids is 1. The summed E-state index contributed by atoms with van der Waals surface area (Å²) in [5.41, 5.74) is 6.40. The van der Waals surface area contributed by atoms with Gasteiger partial charge in [-0.15, -0.1) is 0 Å². The molecular formula is C13H19N3O3. The number of hydrogen-bond donors (Lipinski definition) is 3. The molecular weight excluding hydrogens is 246 g/mol. The van der Waals surface area contributed by atoms with Crippen molar-refractivity contribution in [1.82, 2.24) is 10.3 Å². The van der Waals surface area contributed by atoms with Crippen molar-refractivity contribution in [3.8, 4) is 0 Å². The minimum Gasteiger partial charge on any atom is -0.480 e. The van der Waals surface area contributed by atoms with Crippen molar-refractivity contribution in [2.24, 2.45) is 11.7 Å². The van der Waals surface area contributed by atoms with E-state index in [1.807, 2.05) is 6.92 Å². The fraction of sp³-hybridized carbons (Fsp3) is 0.462. The lowest BCUT2D eigenvalue weighted by Crippen LogP contribution is -2.45. The number of carbonyl (C=O) groups is 2. The van der Waals surface area contributed by atoms with Gasteiger partial charge in [0.15, 0.2) is 0 Å². The van der Waals surface area contributed by atoms with Crippen molar-refractivity contribution >= 4 is 11.9 Å². The summed E-state index contributed by atoms with van der Waals surface area (Å²) in [6, 6.07) is 2.20. The lowest BCUT2D eigenvalue weighted by molar-refractivity contribution is -0.140. The lowest BCUT2D eigenvalue weighted by atomic mass is 9.99. The summed E-state index contributed by atoms with van der Waals surface area (Å²) in [4.78, 5) is 27.1. The van der Waals surface area contributed by atoms with Gasteiger partial charge in [0.05, 0.1) is 5.69 Å². The van der Waals surface area contributed by atoms with E-state index in [1.54, 1.807) is 13.0 Å². The summed E-state index contributed by atoms with van der Waals surface area (Å²) in [6.45, 7) is 3.90. The summed E-state index contributed by atoms with van der Waals surface area (Å²) >= 11 is 0. The Morgan fingerprint density at radius 3 is 2.74 bits per heavy atom. The predicted octanol–water partition coefficient (Wildman–Crippen LogP) is 0.769. The van der Waals surface area contributed by atoms with Gasteiger partial charge in [-0.25, -0.2) is 4.79 Å². The number of hydrogen-bond acceptors (Lipinski definition) is 4. The van der Waals surface area contributed by atoms with Crippen LogP contribution in [0.3, 0.4) is 0 Å². The van der Waals surface area contributed by atoms with Crippen molar-refractivity contribution in [2.45, 2.75) is 32.9 Å². The molecule has 0 spiro atoms. The van der Waals surface area contributed by atoms with Crippen LogP contribution in [0.1, 0.15) is 36.3 Å². The molecule has 1 amide bonds. The molecule has 0 aliphatic heterocycles. The van der Waals surface area contributed by atoms with E-state index in [4.69, 9.17) is 10.8 Å². The van der Waals surface area contributed by atoms with Gasteiger partial charge in [-0.1, -0.05) is 20.3 Å². The summed E-state index contributed by atoms with van der Waals surface area (Å²) < 4.78 is 0. The predicted molar refractivity (Wildman–Crippen MR) is 70.5 cm³/mol. The monoisotopic (exact) mass is 265 g/mol. The summed E-state index contributed by atoms with van der Waals surface area (Å²) in [5, 5.41) is 11.7. The molecule has 0 bridgehead atoms. The average molecular weight is 265 g/mol. The molecule has 0 saturated carbocycles. The van der Waals surface area contributed by atoms with E-state index in [0.717, 1.165) is 0 Å².